The fraction of sp³-hybridized carbons (Fsp3) is 0.364. The van der Waals surface area contributed by atoms with E-state index in [1.54, 1.807) is 26.4 Å². The molecule has 0 radical (unpaired) electrons. The van der Waals surface area contributed by atoms with Crippen LogP contribution in [0.15, 0.2) is 24.5 Å². The first-order chi connectivity index (χ1) is 6.72. The Labute approximate surface area is 84.1 Å². The van der Waals surface area contributed by atoms with E-state index in [1.807, 2.05) is 18.2 Å². The van der Waals surface area contributed by atoms with Gasteiger partial charge < -0.3 is 9.84 Å². The van der Waals surface area contributed by atoms with Crippen LogP contribution in [-0.2, 0) is 0 Å². The number of aliphatic hydroxyl groups excluding tert-OH is 1. The Morgan fingerprint density at radius 3 is 3.00 bits per heavy atom. The van der Waals surface area contributed by atoms with Gasteiger partial charge >= 0.3 is 0 Å². The maximum absolute atomic E-state index is 9.04. The van der Waals surface area contributed by atoms with Crippen LogP contribution in [0.5, 0.6) is 5.75 Å². The summed E-state index contributed by atoms with van der Waals surface area (Å²) in [4.78, 5) is 4.01. The van der Waals surface area contributed by atoms with Crippen molar-refractivity contribution in [2.24, 2.45) is 0 Å². The molecule has 0 saturated carbocycles. The summed E-state index contributed by atoms with van der Waals surface area (Å²) >= 11 is 0. The molecule has 76 valence electrons. The first-order valence-corrected chi connectivity index (χ1v) is 4.56. The third kappa shape index (κ3) is 3.58. The highest BCUT2D eigenvalue weighted by molar-refractivity contribution is 5.49. The highest BCUT2D eigenvalue weighted by Crippen LogP contribution is 2.11. The third-order valence-corrected chi connectivity index (χ3v) is 1.76. The summed E-state index contributed by atoms with van der Waals surface area (Å²) in [5, 5.41) is 9.04. The number of hydrogen-bond donors (Lipinski definition) is 1. The molecule has 1 rings (SSSR count). The standard InChI is InChI=1S/C11H15NO2/c1-9(13)4-3-5-10-6-11(14-2)8-12-7-10/h3,5-9,13H,4H2,1-2H3/b5-3+. The molecule has 1 aromatic rings. The lowest BCUT2D eigenvalue weighted by atomic mass is 10.2. The summed E-state index contributed by atoms with van der Waals surface area (Å²) in [6, 6.07) is 1.89. The average Bonchev–Trinajstić information content (AvgIpc) is 2.18. The molecule has 1 aromatic heterocycles. The van der Waals surface area contributed by atoms with Crippen molar-refractivity contribution in [3.63, 3.8) is 0 Å². The van der Waals surface area contributed by atoms with Gasteiger partial charge in [0.25, 0.3) is 0 Å². The van der Waals surface area contributed by atoms with E-state index in [2.05, 4.69) is 4.98 Å². The van der Waals surface area contributed by atoms with Gasteiger partial charge in [-0.2, -0.15) is 0 Å². The minimum Gasteiger partial charge on any atom is -0.495 e. The summed E-state index contributed by atoms with van der Waals surface area (Å²) in [7, 11) is 1.61. The van der Waals surface area contributed by atoms with Crippen molar-refractivity contribution < 1.29 is 9.84 Å². The molecule has 0 amide bonds. The SMILES string of the molecule is COc1cncc(/C=C/CC(C)O)c1. The Morgan fingerprint density at radius 1 is 1.57 bits per heavy atom. The van der Waals surface area contributed by atoms with Gasteiger partial charge in [-0.1, -0.05) is 12.2 Å². The van der Waals surface area contributed by atoms with Gasteiger partial charge in [-0.3, -0.25) is 4.98 Å². The first kappa shape index (κ1) is 10.7. The van der Waals surface area contributed by atoms with E-state index in [1.165, 1.54) is 0 Å². The van der Waals surface area contributed by atoms with Crippen molar-refractivity contribution in [1.82, 2.24) is 4.98 Å². The summed E-state index contributed by atoms with van der Waals surface area (Å²) in [6.07, 6.45) is 7.60. The molecule has 1 unspecified atom stereocenters. The number of aliphatic hydroxyl groups is 1. The Balaban J connectivity index is 2.62. The summed E-state index contributed by atoms with van der Waals surface area (Å²) in [5.41, 5.74) is 0.977. The second-order valence-corrected chi connectivity index (χ2v) is 3.15. The number of nitrogens with zero attached hydrogens (tertiary/aromatic N) is 1. The van der Waals surface area contributed by atoms with Crippen LogP contribution in [0.1, 0.15) is 18.9 Å². The van der Waals surface area contributed by atoms with Crippen LogP contribution in [0.25, 0.3) is 6.08 Å². The minimum atomic E-state index is -0.301. The highest BCUT2D eigenvalue weighted by atomic mass is 16.5. The number of ether oxygens (including phenoxy) is 1. The van der Waals surface area contributed by atoms with Gasteiger partial charge in [0, 0.05) is 6.20 Å². The smallest absolute Gasteiger partial charge is 0.137 e. The number of methoxy groups -OCH3 is 1. The van der Waals surface area contributed by atoms with E-state index in [0.29, 0.717) is 6.42 Å². The number of pyridine rings is 1. The van der Waals surface area contributed by atoms with E-state index in [-0.39, 0.29) is 6.10 Å². The van der Waals surface area contributed by atoms with Gasteiger partial charge in [-0.05, 0) is 25.0 Å². The third-order valence-electron chi connectivity index (χ3n) is 1.76. The molecule has 0 aromatic carbocycles. The lowest BCUT2D eigenvalue weighted by molar-refractivity contribution is 0.199. The molecule has 14 heavy (non-hydrogen) atoms. The number of aromatic nitrogens is 1. The van der Waals surface area contributed by atoms with Gasteiger partial charge in [0.2, 0.25) is 0 Å². The van der Waals surface area contributed by atoms with Crippen LogP contribution in [-0.4, -0.2) is 23.3 Å². The molecule has 3 nitrogen and oxygen atoms in total. The Morgan fingerprint density at radius 2 is 2.36 bits per heavy atom. The predicted molar refractivity (Wildman–Crippen MR) is 56.1 cm³/mol. The fourth-order valence-electron chi connectivity index (χ4n) is 1.04. The van der Waals surface area contributed by atoms with Crippen molar-refractivity contribution in [3.8, 4) is 5.75 Å². The maximum Gasteiger partial charge on any atom is 0.137 e. The van der Waals surface area contributed by atoms with E-state index >= 15 is 0 Å². The normalized spacial score (nSPS) is 13.1. The van der Waals surface area contributed by atoms with E-state index < -0.39 is 0 Å². The molecule has 0 fully saturated rings. The Hall–Kier alpha value is -1.35. The zero-order valence-electron chi connectivity index (χ0n) is 8.47. The molecule has 1 atom stereocenters. The Kier molecular flexibility index (Phi) is 4.13. The zero-order valence-corrected chi connectivity index (χ0v) is 8.47. The van der Waals surface area contributed by atoms with Crippen molar-refractivity contribution >= 4 is 6.08 Å². The van der Waals surface area contributed by atoms with E-state index in [0.717, 1.165) is 11.3 Å². The molecule has 0 aliphatic carbocycles. The summed E-state index contributed by atoms with van der Waals surface area (Å²) in [5.74, 6) is 0.740. The Bertz CT molecular complexity index is 308. The average molecular weight is 193 g/mol. The quantitative estimate of drug-likeness (QED) is 0.793. The van der Waals surface area contributed by atoms with Crippen LogP contribution in [0, 0.1) is 0 Å². The molecule has 3 heteroatoms. The van der Waals surface area contributed by atoms with Gasteiger partial charge in [0.15, 0.2) is 0 Å². The maximum atomic E-state index is 9.04. The zero-order chi connectivity index (χ0) is 10.4. The van der Waals surface area contributed by atoms with Crippen LogP contribution < -0.4 is 4.74 Å². The summed E-state index contributed by atoms with van der Waals surface area (Å²) < 4.78 is 5.04. The highest BCUT2D eigenvalue weighted by Gasteiger charge is 1.93. The topological polar surface area (TPSA) is 42.4 Å². The van der Waals surface area contributed by atoms with Gasteiger partial charge in [0.05, 0.1) is 19.4 Å². The fourth-order valence-corrected chi connectivity index (χ4v) is 1.04. The van der Waals surface area contributed by atoms with Crippen molar-refractivity contribution in [3.05, 3.63) is 30.1 Å². The van der Waals surface area contributed by atoms with Gasteiger partial charge in [-0.15, -0.1) is 0 Å². The van der Waals surface area contributed by atoms with Crippen molar-refractivity contribution in [2.75, 3.05) is 7.11 Å². The van der Waals surface area contributed by atoms with Crippen LogP contribution in [0.4, 0.5) is 0 Å². The summed E-state index contributed by atoms with van der Waals surface area (Å²) in [6.45, 7) is 1.76. The molecule has 0 spiro atoms. The molecular formula is C11H15NO2. The molecule has 0 bridgehead atoms. The second kappa shape index (κ2) is 5.40. The first-order valence-electron chi connectivity index (χ1n) is 4.56. The van der Waals surface area contributed by atoms with E-state index in [4.69, 9.17) is 9.84 Å². The minimum absolute atomic E-state index is 0.301. The van der Waals surface area contributed by atoms with Crippen LogP contribution in [0.3, 0.4) is 0 Å². The van der Waals surface area contributed by atoms with Crippen LogP contribution in [0.2, 0.25) is 0 Å². The molecule has 1 heterocycles. The van der Waals surface area contributed by atoms with Crippen molar-refractivity contribution in [2.45, 2.75) is 19.4 Å². The molecule has 1 N–H and O–H groups in total. The lowest BCUT2D eigenvalue weighted by Crippen LogP contribution is -1.95. The lowest BCUT2D eigenvalue weighted by Gasteiger charge is -2.00. The van der Waals surface area contributed by atoms with E-state index in [9.17, 15) is 0 Å². The second-order valence-electron chi connectivity index (χ2n) is 3.15. The molecule has 0 aliphatic rings. The molecule has 0 saturated heterocycles. The number of rotatable bonds is 4. The van der Waals surface area contributed by atoms with Gasteiger partial charge in [-0.25, -0.2) is 0 Å². The van der Waals surface area contributed by atoms with Gasteiger partial charge in [0.1, 0.15) is 5.75 Å². The van der Waals surface area contributed by atoms with Crippen molar-refractivity contribution in [1.29, 1.82) is 0 Å². The molecule has 0 aliphatic heterocycles. The monoisotopic (exact) mass is 193 g/mol. The largest absolute Gasteiger partial charge is 0.495 e. The van der Waals surface area contributed by atoms with Crippen LogP contribution >= 0.6 is 0 Å². The number of hydrogen-bond acceptors (Lipinski definition) is 3. The molecular weight excluding hydrogens is 178 g/mol. The predicted octanol–water partition coefficient (Wildman–Crippen LogP) is 1.87.